The van der Waals surface area contributed by atoms with Crippen molar-refractivity contribution in [2.75, 3.05) is 11.9 Å². The molecular formula is C23H25N3O4S. The van der Waals surface area contributed by atoms with Gasteiger partial charge in [0.15, 0.2) is 0 Å². The first-order valence-electron chi connectivity index (χ1n) is 10.2. The van der Waals surface area contributed by atoms with Crippen LogP contribution < -0.4 is 10.7 Å². The van der Waals surface area contributed by atoms with Crippen LogP contribution in [0.15, 0.2) is 41.0 Å². The van der Waals surface area contributed by atoms with E-state index in [0.717, 1.165) is 47.3 Å². The predicted octanol–water partition coefficient (Wildman–Crippen LogP) is 3.95. The average Bonchev–Trinajstić information content (AvgIpc) is 3.12. The summed E-state index contributed by atoms with van der Waals surface area (Å²) in [6, 6.07) is 9.68. The zero-order chi connectivity index (χ0) is 22.2. The third kappa shape index (κ3) is 5.88. The van der Waals surface area contributed by atoms with Gasteiger partial charge < -0.3 is 10.1 Å². The zero-order valence-corrected chi connectivity index (χ0v) is 18.4. The Morgan fingerprint density at radius 3 is 2.61 bits per heavy atom. The number of hydrogen-bond acceptors (Lipinski definition) is 6. The summed E-state index contributed by atoms with van der Waals surface area (Å²) in [5.74, 6) is -2.27. The third-order valence-electron chi connectivity index (χ3n) is 4.71. The summed E-state index contributed by atoms with van der Waals surface area (Å²) in [6.07, 6.45) is 7.00. The van der Waals surface area contributed by atoms with Gasteiger partial charge in [-0.05, 0) is 56.2 Å². The summed E-state index contributed by atoms with van der Waals surface area (Å²) in [6.45, 7) is 3.81. The van der Waals surface area contributed by atoms with Crippen molar-refractivity contribution in [3.8, 4) is 0 Å². The van der Waals surface area contributed by atoms with Gasteiger partial charge in [-0.2, -0.15) is 5.10 Å². The molecular weight excluding hydrogens is 414 g/mol. The first kappa shape index (κ1) is 22.4. The first-order valence-corrected chi connectivity index (χ1v) is 11.0. The smallest absolute Gasteiger partial charge is 0.341 e. The lowest BCUT2D eigenvalue weighted by Crippen LogP contribution is -2.32. The van der Waals surface area contributed by atoms with Gasteiger partial charge in [0.05, 0.1) is 18.4 Å². The Labute approximate surface area is 185 Å². The summed E-state index contributed by atoms with van der Waals surface area (Å²) in [4.78, 5) is 38.0. The van der Waals surface area contributed by atoms with Crippen molar-refractivity contribution in [3.05, 3.63) is 57.5 Å². The van der Waals surface area contributed by atoms with Crippen molar-refractivity contribution in [1.29, 1.82) is 0 Å². The number of carbonyl (C=O) groups is 3. The van der Waals surface area contributed by atoms with E-state index in [4.69, 9.17) is 4.74 Å². The molecule has 8 heteroatoms. The highest BCUT2D eigenvalue weighted by atomic mass is 32.1. The molecule has 1 aliphatic rings. The highest BCUT2D eigenvalue weighted by Crippen LogP contribution is 2.38. The van der Waals surface area contributed by atoms with E-state index in [1.165, 1.54) is 17.6 Å². The standard InChI is InChI=1S/C23H25N3O4S/c1-3-30-23(29)19-17-11-7-8-12-18(17)31-22(19)25-20(27)21(28)26-24-14-15(2)13-16-9-5-4-6-10-16/h4-6,9-10,13-14H,3,7-8,11-12H2,1-2H3,(H,25,27)(H,26,28)/b15-13-,24-14-. The minimum atomic E-state index is -0.912. The van der Waals surface area contributed by atoms with Gasteiger partial charge in [-0.15, -0.1) is 11.3 Å². The topological polar surface area (TPSA) is 96.9 Å². The molecule has 0 saturated heterocycles. The van der Waals surface area contributed by atoms with Crippen LogP contribution in [0.2, 0.25) is 0 Å². The van der Waals surface area contributed by atoms with Gasteiger partial charge in [-0.1, -0.05) is 36.4 Å². The number of esters is 1. The van der Waals surface area contributed by atoms with Crippen molar-refractivity contribution in [1.82, 2.24) is 5.43 Å². The lowest BCUT2D eigenvalue weighted by atomic mass is 9.95. The third-order valence-corrected chi connectivity index (χ3v) is 5.92. The quantitative estimate of drug-likeness (QED) is 0.308. The Kier molecular flexibility index (Phi) is 7.72. The number of rotatable bonds is 6. The normalized spacial score (nSPS) is 13.5. The number of carbonyl (C=O) groups excluding carboxylic acids is 3. The van der Waals surface area contributed by atoms with Crippen molar-refractivity contribution in [2.24, 2.45) is 5.10 Å². The number of nitrogens with one attached hydrogen (secondary N) is 2. The van der Waals surface area contributed by atoms with E-state index in [1.807, 2.05) is 43.3 Å². The molecule has 2 aromatic rings. The summed E-state index contributed by atoms with van der Waals surface area (Å²) < 4.78 is 5.16. The van der Waals surface area contributed by atoms with Crippen molar-refractivity contribution >= 4 is 46.4 Å². The molecule has 31 heavy (non-hydrogen) atoms. The summed E-state index contributed by atoms with van der Waals surface area (Å²) >= 11 is 1.33. The van der Waals surface area contributed by atoms with Gasteiger partial charge in [0, 0.05) is 4.88 Å². The molecule has 0 atom stereocenters. The molecule has 0 unspecified atom stereocenters. The molecule has 0 spiro atoms. The fourth-order valence-electron chi connectivity index (χ4n) is 3.33. The number of benzene rings is 1. The van der Waals surface area contributed by atoms with Crippen LogP contribution in [0.1, 0.15) is 53.1 Å². The number of nitrogens with zero attached hydrogens (tertiary/aromatic N) is 1. The largest absolute Gasteiger partial charge is 0.462 e. The van der Waals surface area contributed by atoms with Gasteiger partial charge in [-0.25, -0.2) is 10.2 Å². The number of hydrazone groups is 1. The minimum Gasteiger partial charge on any atom is -0.462 e. The second-order valence-electron chi connectivity index (χ2n) is 7.09. The van der Waals surface area contributed by atoms with Gasteiger partial charge in [0.25, 0.3) is 0 Å². The second kappa shape index (κ2) is 10.7. The summed E-state index contributed by atoms with van der Waals surface area (Å²) in [5, 5.41) is 6.76. The van der Waals surface area contributed by atoms with Crippen LogP contribution in [0.25, 0.3) is 6.08 Å². The summed E-state index contributed by atoms with van der Waals surface area (Å²) in [7, 11) is 0. The van der Waals surface area contributed by atoms with Crippen LogP contribution in [0.3, 0.4) is 0 Å². The van der Waals surface area contributed by atoms with E-state index in [0.29, 0.717) is 10.6 Å². The van der Waals surface area contributed by atoms with Crippen LogP contribution in [0.5, 0.6) is 0 Å². The lowest BCUT2D eigenvalue weighted by molar-refractivity contribution is -0.136. The highest BCUT2D eigenvalue weighted by molar-refractivity contribution is 7.17. The second-order valence-corrected chi connectivity index (χ2v) is 8.19. The van der Waals surface area contributed by atoms with E-state index in [1.54, 1.807) is 6.92 Å². The van der Waals surface area contributed by atoms with Crippen LogP contribution in [0.4, 0.5) is 5.00 Å². The zero-order valence-electron chi connectivity index (χ0n) is 17.6. The number of aryl methyl sites for hydroxylation is 1. The molecule has 3 rings (SSSR count). The molecule has 2 N–H and O–H groups in total. The number of allylic oxidation sites excluding steroid dienone is 1. The number of thiophene rings is 1. The SMILES string of the molecule is CCOC(=O)c1c(NC(=O)C(=O)N/N=C\C(C)=C/c2ccccc2)sc2c1CCCC2. The molecule has 1 aliphatic carbocycles. The average molecular weight is 440 g/mol. The van der Waals surface area contributed by atoms with Crippen LogP contribution in [-0.4, -0.2) is 30.6 Å². The van der Waals surface area contributed by atoms with Gasteiger partial charge in [-0.3, -0.25) is 9.59 Å². The number of ether oxygens (including phenoxy) is 1. The Morgan fingerprint density at radius 2 is 1.87 bits per heavy atom. The molecule has 0 saturated carbocycles. The van der Waals surface area contributed by atoms with Gasteiger partial charge in [0.1, 0.15) is 5.00 Å². The van der Waals surface area contributed by atoms with Gasteiger partial charge in [0.2, 0.25) is 0 Å². The maximum absolute atomic E-state index is 12.4. The fourth-order valence-corrected chi connectivity index (χ4v) is 4.60. The van der Waals surface area contributed by atoms with E-state index < -0.39 is 17.8 Å². The number of amides is 2. The molecule has 1 aromatic heterocycles. The van der Waals surface area contributed by atoms with Gasteiger partial charge >= 0.3 is 17.8 Å². The van der Waals surface area contributed by atoms with Crippen LogP contribution >= 0.6 is 11.3 Å². The molecule has 0 aliphatic heterocycles. The molecule has 1 heterocycles. The minimum absolute atomic E-state index is 0.238. The van der Waals surface area contributed by atoms with Crippen molar-refractivity contribution in [3.63, 3.8) is 0 Å². The highest BCUT2D eigenvalue weighted by Gasteiger charge is 2.28. The molecule has 7 nitrogen and oxygen atoms in total. The summed E-state index contributed by atoms with van der Waals surface area (Å²) in [5.41, 5.74) is 5.32. The van der Waals surface area contributed by atoms with Crippen LogP contribution in [-0.2, 0) is 27.2 Å². The first-order chi connectivity index (χ1) is 15.0. The monoisotopic (exact) mass is 439 g/mol. The Hall–Kier alpha value is -3.26. The lowest BCUT2D eigenvalue weighted by Gasteiger charge is -2.12. The van der Waals surface area contributed by atoms with E-state index in [2.05, 4.69) is 15.8 Å². The van der Waals surface area contributed by atoms with Crippen LogP contribution in [0, 0.1) is 0 Å². The maximum Gasteiger partial charge on any atom is 0.341 e. The Bertz CT molecular complexity index is 1020. The molecule has 0 fully saturated rings. The van der Waals surface area contributed by atoms with E-state index in [9.17, 15) is 14.4 Å². The van der Waals surface area contributed by atoms with Crippen molar-refractivity contribution < 1.29 is 19.1 Å². The molecule has 2 amide bonds. The maximum atomic E-state index is 12.4. The number of hydrogen-bond donors (Lipinski definition) is 2. The molecule has 0 radical (unpaired) electrons. The molecule has 0 bridgehead atoms. The number of anilines is 1. The van der Waals surface area contributed by atoms with E-state index >= 15 is 0 Å². The number of fused-ring (bicyclic) bond motifs is 1. The molecule has 162 valence electrons. The predicted molar refractivity (Wildman–Crippen MR) is 122 cm³/mol. The Morgan fingerprint density at radius 1 is 1.13 bits per heavy atom. The van der Waals surface area contributed by atoms with Crippen molar-refractivity contribution in [2.45, 2.75) is 39.5 Å². The fraction of sp³-hybridized carbons (Fsp3) is 0.304. The Balaban J connectivity index is 1.66. The molecule has 1 aromatic carbocycles. The van der Waals surface area contributed by atoms with E-state index in [-0.39, 0.29) is 6.61 Å².